The summed E-state index contributed by atoms with van der Waals surface area (Å²) >= 11 is 1.35. The normalized spacial score (nSPS) is 13.5. The van der Waals surface area contributed by atoms with Crippen LogP contribution in [0.2, 0.25) is 0 Å². The van der Waals surface area contributed by atoms with Crippen LogP contribution in [0.25, 0.3) is 10.2 Å². The van der Waals surface area contributed by atoms with Gasteiger partial charge in [0.15, 0.2) is 0 Å². The van der Waals surface area contributed by atoms with E-state index in [0.29, 0.717) is 22.5 Å². The summed E-state index contributed by atoms with van der Waals surface area (Å²) in [6.45, 7) is 3.95. The number of H-pyrrole nitrogens is 1. The van der Waals surface area contributed by atoms with Crippen molar-refractivity contribution in [1.29, 1.82) is 0 Å². The molecule has 6 nitrogen and oxygen atoms in total. The van der Waals surface area contributed by atoms with E-state index in [1.54, 1.807) is 20.0 Å². The number of nitrogens with two attached hydrogens (primary N) is 1. The first kappa shape index (κ1) is 18.6. The molecule has 0 aromatic carbocycles. The van der Waals surface area contributed by atoms with Crippen LogP contribution in [0, 0.1) is 0 Å². The standard InChI is InChI=1S/C14H20N4O2S.ClH/c1-4-6-14(2,15)13(20)18(3)8-10-16-9-5-7-21-11(9)12(19)17-10;/h5,7H,4,6,8,15H2,1-3H3,(H,16,17,19);1H. The molecule has 22 heavy (non-hydrogen) atoms. The number of nitrogens with zero attached hydrogens (tertiary/aromatic N) is 2. The summed E-state index contributed by atoms with van der Waals surface area (Å²) in [5, 5.41) is 1.82. The van der Waals surface area contributed by atoms with Crippen LogP contribution in [0.15, 0.2) is 16.2 Å². The number of rotatable bonds is 5. The van der Waals surface area contributed by atoms with E-state index in [-0.39, 0.29) is 30.4 Å². The van der Waals surface area contributed by atoms with E-state index in [2.05, 4.69) is 9.97 Å². The van der Waals surface area contributed by atoms with Gasteiger partial charge < -0.3 is 15.6 Å². The lowest BCUT2D eigenvalue weighted by Gasteiger charge is -2.28. The third kappa shape index (κ3) is 3.85. The predicted molar refractivity (Wildman–Crippen MR) is 91.5 cm³/mol. The molecule has 8 heteroatoms. The van der Waals surface area contributed by atoms with Crippen molar-refractivity contribution >= 4 is 39.9 Å². The predicted octanol–water partition coefficient (Wildman–Crippen LogP) is 1.88. The van der Waals surface area contributed by atoms with Crippen LogP contribution in [0.4, 0.5) is 0 Å². The van der Waals surface area contributed by atoms with Crippen LogP contribution in [-0.2, 0) is 11.3 Å². The maximum absolute atomic E-state index is 12.3. The first-order valence-corrected chi connectivity index (χ1v) is 7.74. The fraction of sp³-hybridized carbons (Fsp3) is 0.500. The number of aromatic amines is 1. The van der Waals surface area contributed by atoms with E-state index in [1.807, 2.05) is 12.3 Å². The van der Waals surface area contributed by atoms with Crippen molar-refractivity contribution in [3.63, 3.8) is 0 Å². The van der Waals surface area contributed by atoms with E-state index in [1.165, 1.54) is 16.2 Å². The lowest BCUT2D eigenvalue weighted by Crippen LogP contribution is -2.51. The molecular formula is C14H21ClN4O2S. The second kappa shape index (κ2) is 7.21. The second-order valence-corrected chi connectivity index (χ2v) is 6.39. The molecule has 0 aliphatic carbocycles. The molecule has 0 bridgehead atoms. The number of hydrogen-bond acceptors (Lipinski definition) is 5. The smallest absolute Gasteiger partial charge is 0.268 e. The summed E-state index contributed by atoms with van der Waals surface area (Å²) in [6.07, 6.45) is 1.45. The van der Waals surface area contributed by atoms with Gasteiger partial charge in [-0.15, -0.1) is 23.7 Å². The molecule has 0 saturated carbocycles. The Kier molecular flexibility index (Phi) is 6.10. The van der Waals surface area contributed by atoms with Gasteiger partial charge >= 0.3 is 0 Å². The van der Waals surface area contributed by atoms with Crippen molar-refractivity contribution in [1.82, 2.24) is 14.9 Å². The third-order valence-corrected chi connectivity index (χ3v) is 4.26. The zero-order chi connectivity index (χ0) is 15.6. The van der Waals surface area contributed by atoms with E-state index in [4.69, 9.17) is 5.73 Å². The number of nitrogens with one attached hydrogen (secondary N) is 1. The Balaban J connectivity index is 0.00000242. The molecule has 122 valence electrons. The summed E-state index contributed by atoms with van der Waals surface area (Å²) in [5.74, 6) is 0.312. The molecule has 2 heterocycles. The second-order valence-electron chi connectivity index (χ2n) is 5.48. The maximum Gasteiger partial charge on any atom is 0.268 e. The summed E-state index contributed by atoms with van der Waals surface area (Å²) < 4.78 is 0.599. The average Bonchev–Trinajstić information content (AvgIpc) is 2.86. The SMILES string of the molecule is CCCC(C)(N)C(=O)N(C)Cc1nc2ccsc2c(=O)[nH]1.Cl. The van der Waals surface area contributed by atoms with Crippen molar-refractivity contribution in [2.24, 2.45) is 5.73 Å². The van der Waals surface area contributed by atoms with E-state index >= 15 is 0 Å². The molecule has 2 aromatic rings. The quantitative estimate of drug-likeness (QED) is 0.866. The molecule has 0 saturated heterocycles. The van der Waals surface area contributed by atoms with Gasteiger partial charge in [-0.25, -0.2) is 4.98 Å². The minimum atomic E-state index is -0.893. The third-order valence-electron chi connectivity index (χ3n) is 3.36. The first-order valence-electron chi connectivity index (χ1n) is 6.86. The average molecular weight is 345 g/mol. The zero-order valence-electron chi connectivity index (χ0n) is 12.9. The van der Waals surface area contributed by atoms with Gasteiger partial charge in [0.1, 0.15) is 10.5 Å². The minimum Gasteiger partial charge on any atom is -0.337 e. The fourth-order valence-corrected chi connectivity index (χ4v) is 3.08. The fourth-order valence-electron chi connectivity index (χ4n) is 2.36. The van der Waals surface area contributed by atoms with Gasteiger partial charge in [0.2, 0.25) is 5.91 Å². The number of halogens is 1. The Hall–Kier alpha value is -1.44. The Morgan fingerprint density at radius 2 is 2.23 bits per heavy atom. The summed E-state index contributed by atoms with van der Waals surface area (Å²) in [6, 6.07) is 1.80. The van der Waals surface area contributed by atoms with Gasteiger partial charge in [-0.05, 0) is 24.8 Å². The van der Waals surface area contributed by atoms with Crippen molar-refractivity contribution in [2.75, 3.05) is 7.05 Å². The van der Waals surface area contributed by atoms with E-state index in [0.717, 1.165) is 6.42 Å². The van der Waals surface area contributed by atoms with Gasteiger partial charge in [-0.2, -0.15) is 0 Å². The molecule has 1 atom stereocenters. The number of amides is 1. The lowest BCUT2D eigenvalue weighted by molar-refractivity contribution is -0.136. The van der Waals surface area contributed by atoms with E-state index in [9.17, 15) is 9.59 Å². The molecule has 0 spiro atoms. The van der Waals surface area contributed by atoms with Crippen LogP contribution in [0.3, 0.4) is 0 Å². The molecule has 0 radical (unpaired) electrons. The molecule has 3 N–H and O–H groups in total. The monoisotopic (exact) mass is 344 g/mol. The number of thiophene rings is 1. The highest BCUT2D eigenvalue weighted by atomic mass is 35.5. The van der Waals surface area contributed by atoms with Gasteiger partial charge in [-0.1, -0.05) is 13.3 Å². The van der Waals surface area contributed by atoms with Crippen molar-refractivity contribution < 1.29 is 4.79 Å². The van der Waals surface area contributed by atoms with Crippen LogP contribution < -0.4 is 11.3 Å². The zero-order valence-corrected chi connectivity index (χ0v) is 14.5. The number of fused-ring (bicyclic) bond motifs is 1. The topological polar surface area (TPSA) is 92.1 Å². The molecule has 1 unspecified atom stereocenters. The largest absolute Gasteiger partial charge is 0.337 e. The van der Waals surface area contributed by atoms with Crippen molar-refractivity contribution in [3.8, 4) is 0 Å². The van der Waals surface area contributed by atoms with Gasteiger partial charge in [0.25, 0.3) is 5.56 Å². The van der Waals surface area contributed by atoms with E-state index < -0.39 is 5.54 Å². The number of hydrogen-bond donors (Lipinski definition) is 2. The highest BCUT2D eigenvalue weighted by molar-refractivity contribution is 7.17. The number of likely N-dealkylation sites (N-methyl/N-ethyl adjacent to an activating group) is 1. The number of carbonyl (C=O) groups excluding carboxylic acids is 1. The molecule has 2 rings (SSSR count). The molecule has 0 aliphatic heterocycles. The molecule has 1 amide bonds. The summed E-state index contributed by atoms with van der Waals surface area (Å²) in [5.41, 5.74) is 5.64. The van der Waals surface area contributed by atoms with Crippen molar-refractivity contribution in [2.45, 2.75) is 38.8 Å². The van der Waals surface area contributed by atoms with Crippen LogP contribution in [0.5, 0.6) is 0 Å². The Bertz CT molecular complexity index is 710. The highest BCUT2D eigenvalue weighted by Crippen LogP contribution is 2.16. The first-order chi connectivity index (χ1) is 9.85. The summed E-state index contributed by atoms with van der Waals surface area (Å²) in [7, 11) is 1.67. The van der Waals surface area contributed by atoms with Gasteiger partial charge in [-0.3, -0.25) is 9.59 Å². The van der Waals surface area contributed by atoms with Crippen LogP contribution in [-0.4, -0.2) is 33.4 Å². The number of aromatic nitrogens is 2. The molecule has 2 aromatic heterocycles. The van der Waals surface area contributed by atoms with Crippen LogP contribution in [0.1, 0.15) is 32.5 Å². The molecule has 0 aliphatic rings. The van der Waals surface area contributed by atoms with Gasteiger partial charge in [0.05, 0.1) is 17.6 Å². The van der Waals surface area contributed by atoms with Crippen LogP contribution >= 0.6 is 23.7 Å². The highest BCUT2D eigenvalue weighted by Gasteiger charge is 2.30. The minimum absolute atomic E-state index is 0. The van der Waals surface area contributed by atoms with Crippen molar-refractivity contribution in [3.05, 3.63) is 27.6 Å². The maximum atomic E-state index is 12.3. The van der Waals surface area contributed by atoms with Gasteiger partial charge in [0, 0.05) is 7.05 Å². The molecule has 0 fully saturated rings. The Morgan fingerprint density at radius 3 is 2.86 bits per heavy atom. The Morgan fingerprint density at radius 1 is 1.55 bits per heavy atom. The Labute approximate surface area is 139 Å². The summed E-state index contributed by atoms with van der Waals surface area (Å²) in [4.78, 5) is 32.8. The lowest BCUT2D eigenvalue weighted by atomic mass is 9.96. The number of carbonyl (C=O) groups is 1. The molecular weight excluding hydrogens is 324 g/mol.